The quantitative estimate of drug-likeness (QED) is 0.907. The first-order valence-electron chi connectivity index (χ1n) is 6.77. The second kappa shape index (κ2) is 6.22. The van der Waals surface area contributed by atoms with Gasteiger partial charge in [-0.3, -0.25) is 4.90 Å². The van der Waals surface area contributed by atoms with Crippen LogP contribution in [0.3, 0.4) is 0 Å². The fraction of sp³-hybridized carbons (Fsp3) is 0.769. The van der Waals surface area contributed by atoms with Gasteiger partial charge in [-0.2, -0.15) is 0 Å². The molecule has 2 atom stereocenters. The lowest BCUT2D eigenvalue weighted by Gasteiger charge is -2.44. The summed E-state index contributed by atoms with van der Waals surface area (Å²) in [5.74, 6) is 0.961. The maximum absolute atomic E-state index is 5.70. The number of hydrogen-bond donors (Lipinski definition) is 1. The first-order valence-corrected chi connectivity index (χ1v) is 7.59. The molecular weight excluding hydrogens is 266 g/mol. The molecule has 1 aromatic rings. The van der Waals surface area contributed by atoms with Gasteiger partial charge in [0, 0.05) is 23.7 Å². The van der Waals surface area contributed by atoms with E-state index in [4.69, 9.17) is 5.73 Å². The molecule has 0 spiro atoms. The average Bonchev–Trinajstić information content (AvgIpc) is 2.75. The number of hydrogen-bond acceptors (Lipinski definition) is 4. The van der Waals surface area contributed by atoms with Crippen molar-refractivity contribution in [3.8, 4) is 0 Å². The van der Waals surface area contributed by atoms with E-state index in [0.29, 0.717) is 5.13 Å². The summed E-state index contributed by atoms with van der Waals surface area (Å²) in [6, 6.07) is 0.834. The van der Waals surface area contributed by atoms with E-state index >= 15 is 0 Å². The van der Waals surface area contributed by atoms with E-state index in [0.717, 1.165) is 18.5 Å². The summed E-state index contributed by atoms with van der Waals surface area (Å²) in [5.41, 5.74) is 5.70. The highest BCUT2D eigenvalue weighted by molar-refractivity contribution is 7.15. The lowest BCUT2D eigenvalue weighted by atomic mass is 9.78. The van der Waals surface area contributed by atoms with Gasteiger partial charge in [0.15, 0.2) is 5.13 Å². The maximum atomic E-state index is 5.70. The summed E-state index contributed by atoms with van der Waals surface area (Å²) >= 11 is 1.65. The molecule has 5 heteroatoms. The van der Waals surface area contributed by atoms with E-state index in [2.05, 4.69) is 9.88 Å². The number of aromatic nitrogens is 1. The number of nitrogens with zero attached hydrogens (tertiary/aromatic N) is 2. The SMILES string of the molecule is Cl.Nc1ncc(CN2CCC[C@H]3CCCC[C@H]32)s1. The Morgan fingerprint density at radius 2 is 2.06 bits per heavy atom. The molecule has 1 saturated carbocycles. The van der Waals surface area contributed by atoms with Gasteiger partial charge in [-0.05, 0) is 38.1 Å². The van der Waals surface area contributed by atoms with Gasteiger partial charge in [-0.25, -0.2) is 4.98 Å². The molecule has 2 heterocycles. The molecule has 3 nitrogen and oxygen atoms in total. The third-order valence-electron chi connectivity index (χ3n) is 4.29. The molecule has 2 N–H and O–H groups in total. The number of fused-ring (bicyclic) bond motifs is 1. The zero-order valence-electron chi connectivity index (χ0n) is 10.7. The van der Waals surface area contributed by atoms with Gasteiger partial charge in [-0.1, -0.05) is 12.8 Å². The van der Waals surface area contributed by atoms with Crippen molar-refractivity contribution in [1.82, 2.24) is 9.88 Å². The van der Waals surface area contributed by atoms with Crippen molar-refractivity contribution in [3.05, 3.63) is 11.1 Å². The van der Waals surface area contributed by atoms with Crippen LogP contribution in [0.1, 0.15) is 43.4 Å². The van der Waals surface area contributed by atoms with Crippen molar-refractivity contribution < 1.29 is 0 Å². The molecule has 102 valence electrons. The molecule has 0 amide bonds. The summed E-state index contributed by atoms with van der Waals surface area (Å²) in [6.07, 6.45) is 10.5. The zero-order chi connectivity index (χ0) is 11.7. The molecular formula is C13H22ClN3S. The third-order valence-corrected chi connectivity index (χ3v) is 5.10. The molecule has 1 saturated heterocycles. The minimum Gasteiger partial charge on any atom is -0.375 e. The third kappa shape index (κ3) is 2.98. The van der Waals surface area contributed by atoms with Crippen LogP contribution >= 0.6 is 23.7 Å². The summed E-state index contributed by atoms with van der Waals surface area (Å²) < 4.78 is 0. The first kappa shape index (κ1) is 14.1. The Labute approximate surface area is 119 Å². The molecule has 1 aliphatic carbocycles. The second-order valence-electron chi connectivity index (χ2n) is 5.39. The lowest BCUT2D eigenvalue weighted by molar-refractivity contribution is 0.0554. The van der Waals surface area contributed by atoms with E-state index in [-0.39, 0.29) is 12.4 Å². The number of likely N-dealkylation sites (tertiary alicyclic amines) is 1. The number of nitrogen functional groups attached to an aromatic ring is 1. The summed E-state index contributed by atoms with van der Waals surface area (Å²) in [4.78, 5) is 8.16. The Kier molecular flexibility index (Phi) is 4.87. The van der Waals surface area contributed by atoms with Crippen molar-refractivity contribution in [2.45, 2.75) is 51.1 Å². The van der Waals surface area contributed by atoms with Gasteiger partial charge in [-0.15, -0.1) is 23.7 Å². The van der Waals surface area contributed by atoms with E-state index < -0.39 is 0 Å². The Bertz CT molecular complexity index is 380. The predicted molar refractivity (Wildman–Crippen MR) is 79.2 cm³/mol. The van der Waals surface area contributed by atoms with E-state index in [1.165, 1.54) is 49.9 Å². The molecule has 2 aliphatic rings. The first-order chi connectivity index (χ1) is 8.33. The molecule has 0 radical (unpaired) electrons. The standard InChI is InChI=1S/C13H21N3S.ClH/c14-13-15-8-11(17-13)9-16-7-3-5-10-4-1-2-6-12(10)16;/h8,10,12H,1-7,9H2,(H2,14,15);1H/t10-,12-;/m1./s1. The highest BCUT2D eigenvalue weighted by Crippen LogP contribution is 2.36. The van der Waals surface area contributed by atoms with Crippen LogP contribution in [0.5, 0.6) is 0 Å². The van der Waals surface area contributed by atoms with E-state index in [1.807, 2.05) is 6.20 Å². The summed E-state index contributed by atoms with van der Waals surface area (Å²) in [6.45, 7) is 2.33. The minimum atomic E-state index is 0. The topological polar surface area (TPSA) is 42.1 Å². The fourth-order valence-electron chi connectivity index (χ4n) is 3.52. The number of halogens is 1. The summed E-state index contributed by atoms with van der Waals surface area (Å²) in [7, 11) is 0. The normalized spacial score (nSPS) is 28.4. The van der Waals surface area contributed by atoms with Gasteiger partial charge in [0.05, 0.1) is 0 Å². The average molecular weight is 288 g/mol. The smallest absolute Gasteiger partial charge is 0.180 e. The van der Waals surface area contributed by atoms with Crippen molar-refractivity contribution in [1.29, 1.82) is 0 Å². The largest absolute Gasteiger partial charge is 0.375 e. The minimum absolute atomic E-state index is 0. The highest BCUT2D eigenvalue weighted by atomic mass is 35.5. The second-order valence-corrected chi connectivity index (χ2v) is 6.54. The molecule has 1 aromatic heterocycles. The number of anilines is 1. The van der Waals surface area contributed by atoms with Crippen molar-refractivity contribution in [2.75, 3.05) is 12.3 Å². The zero-order valence-corrected chi connectivity index (χ0v) is 12.3. The van der Waals surface area contributed by atoms with Gasteiger partial charge in [0.2, 0.25) is 0 Å². The summed E-state index contributed by atoms with van der Waals surface area (Å²) in [5, 5.41) is 0.706. The van der Waals surface area contributed by atoms with Crippen LogP contribution in [0.4, 0.5) is 5.13 Å². The fourth-order valence-corrected chi connectivity index (χ4v) is 4.23. The van der Waals surface area contributed by atoms with Crippen LogP contribution < -0.4 is 5.73 Å². The van der Waals surface area contributed by atoms with Gasteiger partial charge < -0.3 is 5.73 Å². The molecule has 3 rings (SSSR count). The van der Waals surface area contributed by atoms with Crippen LogP contribution in [0.25, 0.3) is 0 Å². The van der Waals surface area contributed by atoms with Crippen LogP contribution in [0, 0.1) is 5.92 Å². The van der Waals surface area contributed by atoms with Crippen LogP contribution in [0.2, 0.25) is 0 Å². The molecule has 18 heavy (non-hydrogen) atoms. The van der Waals surface area contributed by atoms with E-state index in [1.54, 1.807) is 11.3 Å². The number of piperidine rings is 1. The molecule has 1 aliphatic heterocycles. The van der Waals surface area contributed by atoms with Crippen LogP contribution in [0.15, 0.2) is 6.20 Å². The molecule has 0 unspecified atom stereocenters. The van der Waals surface area contributed by atoms with Crippen molar-refractivity contribution in [2.24, 2.45) is 5.92 Å². The van der Waals surface area contributed by atoms with Gasteiger partial charge >= 0.3 is 0 Å². The van der Waals surface area contributed by atoms with Crippen LogP contribution in [-0.4, -0.2) is 22.5 Å². The highest BCUT2D eigenvalue weighted by Gasteiger charge is 2.33. The number of rotatable bonds is 2. The van der Waals surface area contributed by atoms with Crippen molar-refractivity contribution >= 4 is 28.9 Å². The van der Waals surface area contributed by atoms with Crippen LogP contribution in [-0.2, 0) is 6.54 Å². The number of thiazole rings is 1. The lowest BCUT2D eigenvalue weighted by Crippen LogP contribution is -2.46. The Balaban J connectivity index is 0.00000120. The van der Waals surface area contributed by atoms with E-state index in [9.17, 15) is 0 Å². The Morgan fingerprint density at radius 3 is 2.83 bits per heavy atom. The van der Waals surface area contributed by atoms with Gasteiger partial charge in [0.1, 0.15) is 0 Å². The van der Waals surface area contributed by atoms with Gasteiger partial charge in [0.25, 0.3) is 0 Å². The Morgan fingerprint density at radius 1 is 1.28 bits per heavy atom. The molecule has 0 aromatic carbocycles. The molecule has 0 bridgehead atoms. The Hall–Kier alpha value is -0.320. The monoisotopic (exact) mass is 287 g/mol. The van der Waals surface area contributed by atoms with Crippen molar-refractivity contribution in [3.63, 3.8) is 0 Å². The maximum Gasteiger partial charge on any atom is 0.180 e. The number of nitrogens with two attached hydrogens (primary N) is 1. The predicted octanol–water partition coefficient (Wildman–Crippen LogP) is 3.30. The molecule has 2 fully saturated rings.